The van der Waals surface area contributed by atoms with Crippen molar-refractivity contribution in [3.8, 4) is 0 Å². The molecule has 0 saturated carbocycles. The molecule has 0 aliphatic carbocycles. The lowest BCUT2D eigenvalue weighted by Gasteiger charge is -2.24. The molecule has 0 fully saturated rings. The summed E-state index contributed by atoms with van der Waals surface area (Å²) >= 11 is 0. The molecule has 0 saturated heterocycles. The van der Waals surface area contributed by atoms with Gasteiger partial charge in [-0.15, -0.1) is 0 Å². The smallest absolute Gasteiger partial charge is 0.137 e. The molecule has 12 heavy (non-hydrogen) atoms. The Morgan fingerprint density at radius 2 is 1.92 bits per heavy atom. The summed E-state index contributed by atoms with van der Waals surface area (Å²) in [5.74, 6) is 0.384. The van der Waals surface area contributed by atoms with Crippen LogP contribution >= 0.6 is 0 Å². The van der Waals surface area contributed by atoms with Gasteiger partial charge in [0.1, 0.15) is 5.72 Å². The van der Waals surface area contributed by atoms with Crippen LogP contribution in [-0.4, -0.2) is 27.2 Å². The van der Waals surface area contributed by atoms with Crippen molar-refractivity contribution in [1.82, 2.24) is 5.48 Å². The molecular weight excluding hydrogens is 158 g/mol. The molecule has 0 radical (unpaired) electrons. The molecule has 4 N–H and O–H groups in total. The zero-order chi connectivity index (χ0) is 9.78. The highest BCUT2D eigenvalue weighted by Crippen LogP contribution is 2.14. The zero-order valence-corrected chi connectivity index (χ0v) is 7.91. The van der Waals surface area contributed by atoms with Crippen LogP contribution in [0.1, 0.15) is 33.6 Å². The van der Waals surface area contributed by atoms with Crippen molar-refractivity contribution in [2.75, 3.05) is 0 Å². The Labute approximate surface area is 73.2 Å². The molecule has 0 aromatic rings. The largest absolute Gasteiger partial charge is 0.393 e. The van der Waals surface area contributed by atoms with Crippen molar-refractivity contribution in [2.45, 2.75) is 45.4 Å². The third kappa shape index (κ3) is 5.49. The Hall–Kier alpha value is -0.160. The van der Waals surface area contributed by atoms with Crippen LogP contribution in [0.3, 0.4) is 0 Å². The molecule has 4 nitrogen and oxygen atoms in total. The first kappa shape index (κ1) is 11.8. The third-order valence-electron chi connectivity index (χ3n) is 1.62. The summed E-state index contributed by atoms with van der Waals surface area (Å²) in [5.41, 5.74) is 0.346. The van der Waals surface area contributed by atoms with E-state index in [-0.39, 0.29) is 6.42 Å². The average molecular weight is 177 g/mol. The summed E-state index contributed by atoms with van der Waals surface area (Å²) in [4.78, 5) is 0. The predicted octanol–water partition coefficient (Wildman–Crippen LogP) is 0.471. The number of hydrogen-bond donors (Lipinski definition) is 4. The van der Waals surface area contributed by atoms with Crippen LogP contribution < -0.4 is 5.48 Å². The minimum absolute atomic E-state index is 0.127. The van der Waals surface area contributed by atoms with E-state index >= 15 is 0 Å². The minimum Gasteiger partial charge on any atom is -0.393 e. The van der Waals surface area contributed by atoms with E-state index in [1.807, 2.05) is 13.8 Å². The van der Waals surface area contributed by atoms with Gasteiger partial charge >= 0.3 is 0 Å². The lowest BCUT2D eigenvalue weighted by atomic mass is 9.99. The first-order valence-corrected chi connectivity index (χ1v) is 4.19. The van der Waals surface area contributed by atoms with Crippen LogP contribution in [0.25, 0.3) is 0 Å². The van der Waals surface area contributed by atoms with Gasteiger partial charge in [-0.2, -0.15) is 5.48 Å². The van der Waals surface area contributed by atoms with Gasteiger partial charge in [0.25, 0.3) is 0 Å². The molecule has 0 rings (SSSR count). The Morgan fingerprint density at radius 3 is 2.25 bits per heavy atom. The summed E-state index contributed by atoms with van der Waals surface area (Å²) in [5, 5.41) is 27.1. The second-order valence-electron chi connectivity index (χ2n) is 3.87. The molecule has 74 valence electrons. The highest BCUT2D eigenvalue weighted by atomic mass is 16.5. The van der Waals surface area contributed by atoms with E-state index in [9.17, 15) is 10.2 Å². The van der Waals surface area contributed by atoms with Gasteiger partial charge in [-0.3, -0.25) is 0 Å². The van der Waals surface area contributed by atoms with E-state index in [4.69, 9.17) is 5.21 Å². The second kappa shape index (κ2) is 4.77. The Kier molecular flexibility index (Phi) is 4.70. The van der Waals surface area contributed by atoms with Crippen LogP contribution in [0.4, 0.5) is 0 Å². The van der Waals surface area contributed by atoms with Crippen LogP contribution in [0.15, 0.2) is 0 Å². The number of aliphatic hydroxyl groups excluding tert-OH is 1. The molecule has 0 bridgehead atoms. The van der Waals surface area contributed by atoms with Crippen LogP contribution in [-0.2, 0) is 0 Å². The van der Waals surface area contributed by atoms with Crippen molar-refractivity contribution < 1.29 is 15.4 Å². The summed E-state index contributed by atoms with van der Waals surface area (Å²) in [6.07, 6.45) is 0.166. The topological polar surface area (TPSA) is 72.7 Å². The average Bonchev–Trinajstić information content (AvgIpc) is 1.84. The molecule has 0 aromatic carbocycles. The SMILES string of the molecule is CC(C)CC(O)CC(C)(O)NO. The van der Waals surface area contributed by atoms with E-state index in [2.05, 4.69) is 0 Å². The van der Waals surface area contributed by atoms with Gasteiger partial charge in [0, 0.05) is 6.42 Å². The van der Waals surface area contributed by atoms with E-state index in [1.54, 1.807) is 5.48 Å². The predicted molar refractivity (Wildman–Crippen MR) is 45.6 cm³/mol. The summed E-state index contributed by atoms with van der Waals surface area (Å²) in [6, 6.07) is 0. The van der Waals surface area contributed by atoms with E-state index in [0.29, 0.717) is 12.3 Å². The zero-order valence-electron chi connectivity index (χ0n) is 7.91. The van der Waals surface area contributed by atoms with Crippen molar-refractivity contribution in [3.05, 3.63) is 0 Å². The van der Waals surface area contributed by atoms with Crippen LogP contribution in [0, 0.1) is 5.92 Å². The first-order chi connectivity index (χ1) is 5.37. The molecule has 0 heterocycles. The van der Waals surface area contributed by atoms with Crippen molar-refractivity contribution in [3.63, 3.8) is 0 Å². The molecule has 4 heteroatoms. The number of rotatable bonds is 5. The minimum atomic E-state index is -1.39. The van der Waals surface area contributed by atoms with Crippen LogP contribution in [0.2, 0.25) is 0 Å². The normalized spacial score (nSPS) is 19.2. The quantitative estimate of drug-likeness (QED) is 0.364. The van der Waals surface area contributed by atoms with Gasteiger partial charge in [-0.1, -0.05) is 13.8 Å². The molecule has 0 aliphatic heterocycles. The van der Waals surface area contributed by atoms with Crippen LogP contribution in [0.5, 0.6) is 0 Å². The molecule has 0 aromatic heterocycles. The van der Waals surface area contributed by atoms with Gasteiger partial charge in [-0.05, 0) is 19.3 Å². The maximum atomic E-state index is 9.38. The summed E-state index contributed by atoms with van der Waals surface area (Å²) in [6.45, 7) is 5.39. The Bertz CT molecular complexity index is 125. The fraction of sp³-hybridized carbons (Fsp3) is 1.00. The number of hydrogen-bond acceptors (Lipinski definition) is 4. The van der Waals surface area contributed by atoms with Crippen molar-refractivity contribution in [2.24, 2.45) is 5.92 Å². The summed E-state index contributed by atoms with van der Waals surface area (Å²) in [7, 11) is 0. The third-order valence-corrected chi connectivity index (χ3v) is 1.62. The standard InChI is InChI=1S/C8H19NO3/c1-6(2)4-7(10)5-8(3,11)9-12/h6-7,9-12H,4-5H2,1-3H3. The van der Waals surface area contributed by atoms with Gasteiger partial charge in [-0.25, -0.2) is 0 Å². The highest BCUT2D eigenvalue weighted by molar-refractivity contribution is 4.71. The van der Waals surface area contributed by atoms with Gasteiger partial charge in [0.05, 0.1) is 6.10 Å². The molecular formula is C8H19NO3. The van der Waals surface area contributed by atoms with Crippen molar-refractivity contribution in [1.29, 1.82) is 0 Å². The van der Waals surface area contributed by atoms with E-state index < -0.39 is 11.8 Å². The monoisotopic (exact) mass is 177 g/mol. The molecule has 0 spiro atoms. The lowest BCUT2D eigenvalue weighted by molar-refractivity contribution is -0.105. The summed E-state index contributed by atoms with van der Waals surface area (Å²) < 4.78 is 0. The molecule has 2 unspecified atom stereocenters. The maximum Gasteiger partial charge on any atom is 0.137 e. The van der Waals surface area contributed by atoms with E-state index in [1.165, 1.54) is 6.92 Å². The Morgan fingerprint density at radius 1 is 1.42 bits per heavy atom. The van der Waals surface area contributed by atoms with Gasteiger partial charge in [0.2, 0.25) is 0 Å². The molecule has 0 aliphatic rings. The maximum absolute atomic E-state index is 9.38. The highest BCUT2D eigenvalue weighted by Gasteiger charge is 2.23. The fourth-order valence-electron chi connectivity index (χ4n) is 1.13. The number of aliphatic hydroxyl groups is 2. The first-order valence-electron chi connectivity index (χ1n) is 4.19. The van der Waals surface area contributed by atoms with Gasteiger partial charge < -0.3 is 15.4 Å². The number of hydroxylamine groups is 1. The van der Waals surface area contributed by atoms with Crippen molar-refractivity contribution >= 4 is 0 Å². The Balaban J connectivity index is 3.75. The molecule has 2 atom stereocenters. The number of nitrogens with one attached hydrogen (secondary N) is 1. The van der Waals surface area contributed by atoms with Gasteiger partial charge in [0.15, 0.2) is 0 Å². The fourth-order valence-corrected chi connectivity index (χ4v) is 1.13. The second-order valence-corrected chi connectivity index (χ2v) is 3.87. The lowest BCUT2D eigenvalue weighted by Crippen LogP contribution is -2.43. The molecule has 0 amide bonds. The van der Waals surface area contributed by atoms with E-state index in [0.717, 1.165) is 0 Å².